The molecule has 0 rings (SSSR count). The first kappa shape index (κ1) is 17.6. The Morgan fingerprint density at radius 2 is 1.89 bits per heavy atom. The molecule has 19 heavy (non-hydrogen) atoms. The SMILES string of the molecule is COCCNC(=O)C(C)NCC(=O)NCC(F)(F)F. The molecule has 0 bridgehead atoms. The molecule has 0 aromatic rings. The van der Waals surface area contributed by atoms with E-state index < -0.39 is 24.7 Å². The van der Waals surface area contributed by atoms with Gasteiger partial charge in [-0.2, -0.15) is 13.2 Å². The number of ether oxygens (including phenoxy) is 1. The van der Waals surface area contributed by atoms with Crippen molar-refractivity contribution in [3.8, 4) is 0 Å². The standard InChI is InChI=1S/C10H18F3N3O3/c1-7(9(18)14-3-4-19-2)15-5-8(17)16-6-10(11,12)13/h7,15H,3-6H2,1-2H3,(H,14,18)(H,16,17). The third-order valence-corrected chi connectivity index (χ3v) is 2.05. The number of carbonyl (C=O) groups is 2. The highest BCUT2D eigenvalue weighted by atomic mass is 19.4. The fraction of sp³-hybridized carbons (Fsp3) is 0.800. The third-order valence-electron chi connectivity index (χ3n) is 2.05. The van der Waals surface area contributed by atoms with E-state index in [0.29, 0.717) is 13.2 Å². The minimum Gasteiger partial charge on any atom is -0.383 e. The van der Waals surface area contributed by atoms with Gasteiger partial charge in [-0.05, 0) is 6.92 Å². The topological polar surface area (TPSA) is 79.5 Å². The predicted octanol–water partition coefficient (Wildman–Crippen LogP) is -0.594. The molecular formula is C10H18F3N3O3. The summed E-state index contributed by atoms with van der Waals surface area (Å²) in [6.07, 6.45) is -4.45. The number of halogens is 3. The minimum absolute atomic E-state index is 0.321. The summed E-state index contributed by atoms with van der Waals surface area (Å²) in [6, 6.07) is -0.687. The van der Waals surface area contributed by atoms with Crippen LogP contribution >= 0.6 is 0 Å². The van der Waals surface area contributed by atoms with Crippen molar-refractivity contribution in [1.29, 1.82) is 0 Å². The maximum atomic E-state index is 11.8. The molecule has 0 fully saturated rings. The Morgan fingerprint density at radius 3 is 2.42 bits per heavy atom. The predicted molar refractivity (Wildman–Crippen MR) is 61.4 cm³/mol. The Morgan fingerprint density at radius 1 is 1.26 bits per heavy atom. The second-order valence-electron chi connectivity index (χ2n) is 3.78. The fourth-order valence-electron chi connectivity index (χ4n) is 1.03. The monoisotopic (exact) mass is 285 g/mol. The molecule has 3 N–H and O–H groups in total. The van der Waals surface area contributed by atoms with Gasteiger partial charge in [-0.1, -0.05) is 0 Å². The van der Waals surface area contributed by atoms with Gasteiger partial charge in [0.25, 0.3) is 0 Å². The first-order chi connectivity index (χ1) is 8.76. The number of hydrogen-bond donors (Lipinski definition) is 3. The van der Waals surface area contributed by atoms with E-state index in [1.54, 1.807) is 5.32 Å². The molecule has 1 atom stereocenters. The zero-order chi connectivity index (χ0) is 14.9. The van der Waals surface area contributed by atoms with Crippen molar-refractivity contribution in [2.45, 2.75) is 19.1 Å². The Balaban J connectivity index is 3.79. The summed E-state index contributed by atoms with van der Waals surface area (Å²) < 4.78 is 40.1. The van der Waals surface area contributed by atoms with Crippen molar-refractivity contribution in [2.75, 3.05) is 33.4 Å². The molecule has 0 aliphatic rings. The molecule has 0 aliphatic carbocycles. The van der Waals surface area contributed by atoms with Crippen molar-refractivity contribution in [1.82, 2.24) is 16.0 Å². The largest absolute Gasteiger partial charge is 0.405 e. The van der Waals surface area contributed by atoms with Crippen molar-refractivity contribution in [3.05, 3.63) is 0 Å². The van der Waals surface area contributed by atoms with Crippen LogP contribution in [-0.2, 0) is 14.3 Å². The second-order valence-corrected chi connectivity index (χ2v) is 3.78. The quantitative estimate of drug-likeness (QED) is 0.521. The van der Waals surface area contributed by atoms with Gasteiger partial charge in [-0.15, -0.1) is 0 Å². The van der Waals surface area contributed by atoms with Gasteiger partial charge in [0.1, 0.15) is 6.54 Å². The number of nitrogens with one attached hydrogen (secondary N) is 3. The summed E-state index contributed by atoms with van der Waals surface area (Å²) >= 11 is 0. The van der Waals surface area contributed by atoms with Gasteiger partial charge in [0.15, 0.2) is 0 Å². The number of alkyl halides is 3. The van der Waals surface area contributed by atoms with E-state index in [4.69, 9.17) is 4.74 Å². The molecule has 6 nitrogen and oxygen atoms in total. The third kappa shape index (κ3) is 10.3. The Labute approximate surface area is 109 Å². The summed E-state index contributed by atoms with van der Waals surface area (Å²) in [6.45, 7) is 0.419. The van der Waals surface area contributed by atoms with Crippen LogP contribution in [0.4, 0.5) is 13.2 Å². The minimum atomic E-state index is -4.45. The highest BCUT2D eigenvalue weighted by molar-refractivity contribution is 5.83. The maximum absolute atomic E-state index is 11.8. The Bertz CT molecular complexity index is 297. The average molecular weight is 285 g/mol. The first-order valence-corrected chi connectivity index (χ1v) is 5.59. The van der Waals surface area contributed by atoms with Crippen LogP contribution in [0, 0.1) is 0 Å². The molecule has 0 aromatic carbocycles. The van der Waals surface area contributed by atoms with Crippen LogP contribution in [0.25, 0.3) is 0 Å². The summed E-state index contributed by atoms with van der Waals surface area (Å²) in [5.74, 6) is -1.19. The average Bonchev–Trinajstić information content (AvgIpc) is 2.32. The Hall–Kier alpha value is -1.35. The van der Waals surface area contributed by atoms with Crippen LogP contribution < -0.4 is 16.0 Å². The summed E-state index contributed by atoms with van der Waals surface area (Å²) in [4.78, 5) is 22.5. The van der Waals surface area contributed by atoms with Crippen LogP contribution in [0.15, 0.2) is 0 Å². The lowest BCUT2D eigenvalue weighted by Crippen LogP contribution is -2.47. The fourth-order valence-corrected chi connectivity index (χ4v) is 1.03. The van der Waals surface area contributed by atoms with Crippen LogP contribution in [0.5, 0.6) is 0 Å². The molecule has 112 valence electrons. The molecule has 0 aromatic heterocycles. The molecule has 0 radical (unpaired) electrons. The van der Waals surface area contributed by atoms with Crippen LogP contribution in [-0.4, -0.2) is 57.4 Å². The Kier molecular flexibility index (Phi) is 8.08. The molecule has 0 heterocycles. The van der Waals surface area contributed by atoms with Crippen molar-refractivity contribution < 1.29 is 27.5 Å². The van der Waals surface area contributed by atoms with E-state index in [0.717, 1.165) is 0 Å². The zero-order valence-electron chi connectivity index (χ0n) is 10.8. The lowest BCUT2D eigenvalue weighted by atomic mass is 10.3. The highest BCUT2D eigenvalue weighted by Crippen LogP contribution is 2.11. The van der Waals surface area contributed by atoms with Crippen molar-refractivity contribution >= 4 is 11.8 Å². The normalized spacial score (nSPS) is 12.9. The molecule has 9 heteroatoms. The zero-order valence-corrected chi connectivity index (χ0v) is 10.8. The number of methoxy groups -OCH3 is 1. The van der Waals surface area contributed by atoms with E-state index >= 15 is 0 Å². The van der Waals surface area contributed by atoms with E-state index in [1.165, 1.54) is 14.0 Å². The lowest BCUT2D eigenvalue weighted by molar-refractivity contribution is -0.138. The molecular weight excluding hydrogens is 267 g/mol. The number of rotatable bonds is 8. The molecule has 1 unspecified atom stereocenters. The molecule has 0 spiro atoms. The van der Waals surface area contributed by atoms with Gasteiger partial charge < -0.3 is 15.4 Å². The molecule has 0 saturated carbocycles. The van der Waals surface area contributed by atoms with Gasteiger partial charge in [0.2, 0.25) is 11.8 Å². The molecule has 0 aliphatic heterocycles. The first-order valence-electron chi connectivity index (χ1n) is 5.59. The van der Waals surface area contributed by atoms with Crippen LogP contribution in [0.3, 0.4) is 0 Å². The van der Waals surface area contributed by atoms with Crippen molar-refractivity contribution in [2.24, 2.45) is 0 Å². The molecule has 0 saturated heterocycles. The van der Waals surface area contributed by atoms with E-state index in [-0.39, 0.29) is 12.5 Å². The van der Waals surface area contributed by atoms with Gasteiger partial charge in [0.05, 0.1) is 19.2 Å². The van der Waals surface area contributed by atoms with Gasteiger partial charge in [-0.3, -0.25) is 14.9 Å². The number of carbonyl (C=O) groups excluding carboxylic acids is 2. The number of hydrogen-bond acceptors (Lipinski definition) is 4. The van der Waals surface area contributed by atoms with E-state index in [2.05, 4.69) is 10.6 Å². The van der Waals surface area contributed by atoms with Crippen LogP contribution in [0.1, 0.15) is 6.92 Å². The number of amides is 2. The summed E-state index contributed by atoms with van der Waals surface area (Å²) in [5, 5.41) is 6.73. The van der Waals surface area contributed by atoms with Gasteiger partial charge in [-0.25, -0.2) is 0 Å². The lowest BCUT2D eigenvalue weighted by Gasteiger charge is -2.14. The van der Waals surface area contributed by atoms with Gasteiger partial charge >= 0.3 is 6.18 Å². The van der Waals surface area contributed by atoms with E-state index in [9.17, 15) is 22.8 Å². The second kappa shape index (κ2) is 8.70. The van der Waals surface area contributed by atoms with Crippen LogP contribution in [0.2, 0.25) is 0 Å². The van der Waals surface area contributed by atoms with E-state index in [1.807, 2.05) is 0 Å². The maximum Gasteiger partial charge on any atom is 0.405 e. The summed E-state index contributed by atoms with van der Waals surface area (Å²) in [5.41, 5.74) is 0. The van der Waals surface area contributed by atoms with Crippen molar-refractivity contribution in [3.63, 3.8) is 0 Å². The van der Waals surface area contributed by atoms with Gasteiger partial charge in [0, 0.05) is 13.7 Å². The summed E-state index contributed by atoms with van der Waals surface area (Å²) in [7, 11) is 1.48. The molecule has 2 amide bonds. The highest BCUT2D eigenvalue weighted by Gasteiger charge is 2.27. The smallest absolute Gasteiger partial charge is 0.383 e.